The lowest BCUT2D eigenvalue weighted by atomic mass is 10.0. The van der Waals surface area contributed by atoms with Crippen LogP contribution in [0, 0.1) is 6.92 Å². The molecular weight excluding hydrogens is 446 g/mol. The van der Waals surface area contributed by atoms with E-state index < -0.39 is 0 Å². The number of methoxy groups -OCH3 is 1. The van der Waals surface area contributed by atoms with Gasteiger partial charge in [-0.2, -0.15) is 0 Å². The molecule has 0 unspecified atom stereocenters. The van der Waals surface area contributed by atoms with E-state index in [1.807, 2.05) is 37.3 Å². The summed E-state index contributed by atoms with van der Waals surface area (Å²) in [4.78, 5) is 16.4. The maximum Gasteiger partial charge on any atom is 0.223 e. The van der Waals surface area contributed by atoms with E-state index in [4.69, 9.17) is 26.3 Å². The summed E-state index contributed by atoms with van der Waals surface area (Å²) in [6, 6.07) is 18.7. The second-order valence-electron chi connectivity index (χ2n) is 8.75. The first-order valence-electron chi connectivity index (χ1n) is 11.6. The SMILES string of the molecule is COc1ncccc1-c1ccc2nc(NC3CCN(Cc4ccc(Cl)cc4)CC3)nc(C)c2c1. The van der Waals surface area contributed by atoms with E-state index in [9.17, 15) is 0 Å². The molecule has 1 saturated heterocycles. The zero-order valence-electron chi connectivity index (χ0n) is 19.5. The maximum absolute atomic E-state index is 6.00. The third-order valence-electron chi connectivity index (χ3n) is 6.40. The lowest BCUT2D eigenvalue weighted by Gasteiger charge is -2.32. The fourth-order valence-corrected chi connectivity index (χ4v) is 4.68. The highest BCUT2D eigenvalue weighted by Crippen LogP contribution is 2.31. The predicted molar refractivity (Wildman–Crippen MR) is 137 cm³/mol. The number of piperidine rings is 1. The third-order valence-corrected chi connectivity index (χ3v) is 6.65. The number of aromatic nitrogens is 3. The van der Waals surface area contributed by atoms with Gasteiger partial charge in [0, 0.05) is 47.8 Å². The van der Waals surface area contributed by atoms with Gasteiger partial charge in [-0.15, -0.1) is 0 Å². The van der Waals surface area contributed by atoms with Gasteiger partial charge in [0.25, 0.3) is 0 Å². The van der Waals surface area contributed by atoms with Gasteiger partial charge in [0.1, 0.15) is 0 Å². The van der Waals surface area contributed by atoms with E-state index in [0.29, 0.717) is 17.9 Å². The molecule has 0 bridgehead atoms. The van der Waals surface area contributed by atoms with Crippen molar-refractivity contribution in [1.82, 2.24) is 19.9 Å². The minimum Gasteiger partial charge on any atom is -0.481 e. The summed E-state index contributed by atoms with van der Waals surface area (Å²) < 4.78 is 5.43. The van der Waals surface area contributed by atoms with Crippen LogP contribution < -0.4 is 10.1 Å². The Morgan fingerprint density at radius 2 is 1.85 bits per heavy atom. The number of nitrogens with zero attached hydrogens (tertiary/aromatic N) is 4. The molecule has 0 atom stereocenters. The Morgan fingerprint density at radius 3 is 2.62 bits per heavy atom. The molecule has 1 N–H and O–H groups in total. The van der Waals surface area contributed by atoms with E-state index in [-0.39, 0.29) is 0 Å². The lowest BCUT2D eigenvalue weighted by molar-refractivity contribution is 0.211. The average molecular weight is 474 g/mol. The largest absolute Gasteiger partial charge is 0.481 e. The van der Waals surface area contributed by atoms with Gasteiger partial charge >= 0.3 is 0 Å². The summed E-state index contributed by atoms with van der Waals surface area (Å²) in [5.41, 5.74) is 5.18. The minimum absolute atomic E-state index is 0.372. The zero-order valence-corrected chi connectivity index (χ0v) is 20.2. The second kappa shape index (κ2) is 9.95. The number of halogens is 1. The predicted octanol–water partition coefficient (Wildman–Crippen LogP) is 5.74. The van der Waals surface area contributed by atoms with Gasteiger partial charge < -0.3 is 10.1 Å². The van der Waals surface area contributed by atoms with Gasteiger partial charge in [-0.3, -0.25) is 4.90 Å². The molecular formula is C27H28ClN5O. The molecule has 0 saturated carbocycles. The minimum atomic E-state index is 0.372. The Kier molecular flexibility index (Phi) is 6.61. The molecule has 0 spiro atoms. The molecule has 0 amide bonds. The van der Waals surface area contributed by atoms with Crippen LogP contribution in [0.3, 0.4) is 0 Å². The number of fused-ring (bicyclic) bond motifs is 1. The number of pyridine rings is 1. The van der Waals surface area contributed by atoms with Crippen LogP contribution in [0.4, 0.5) is 5.95 Å². The fourth-order valence-electron chi connectivity index (χ4n) is 4.55. The molecule has 34 heavy (non-hydrogen) atoms. The molecule has 0 radical (unpaired) electrons. The van der Waals surface area contributed by atoms with Crippen LogP contribution in [0.15, 0.2) is 60.8 Å². The van der Waals surface area contributed by atoms with Crippen molar-refractivity contribution < 1.29 is 4.74 Å². The highest BCUT2D eigenvalue weighted by atomic mass is 35.5. The first kappa shape index (κ1) is 22.6. The number of rotatable bonds is 6. The summed E-state index contributed by atoms with van der Waals surface area (Å²) in [5.74, 6) is 1.31. The maximum atomic E-state index is 6.00. The Bertz CT molecular complexity index is 1290. The molecule has 174 valence electrons. The number of nitrogens with one attached hydrogen (secondary N) is 1. The molecule has 7 heteroatoms. The van der Waals surface area contributed by atoms with Crippen molar-refractivity contribution in [3.63, 3.8) is 0 Å². The van der Waals surface area contributed by atoms with Gasteiger partial charge in [-0.1, -0.05) is 29.8 Å². The smallest absolute Gasteiger partial charge is 0.223 e. The van der Waals surface area contributed by atoms with Crippen molar-refractivity contribution in [2.24, 2.45) is 0 Å². The normalized spacial score (nSPS) is 14.9. The Morgan fingerprint density at radius 1 is 1.06 bits per heavy atom. The van der Waals surface area contributed by atoms with Crippen molar-refractivity contribution in [3.8, 4) is 17.0 Å². The van der Waals surface area contributed by atoms with Crippen molar-refractivity contribution >= 4 is 28.5 Å². The van der Waals surface area contributed by atoms with Crippen LogP contribution in [0.2, 0.25) is 5.02 Å². The Hall–Kier alpha value is -3.22. The zero-order chi connectivity index (χ0) is 23.5. The lowest BCUT2D eigenvalue weighted by Crippen LogP contribution is -2.39. The summed E-state index contributed by atoms with van der Waals surface area (Å²) in [5, 5.41) is 5.39. The Labute approximate surface area is 205 Å². The van der Waals surface area contributed by atoms with E-state index >= 15 is 0 Å². The highest BCUT2D eigenvalue weighted by molar-refractivity contribution is 6.30. The number of anilines is 1. The summed E-state index contributed by atoms with van der Waals surface area (Å²) in [6.45, 7) is 5.08. The van der Waals surface area contributed by atoms with Crippen molar-refractivity contribution in [2.75, 3.05) is 25.5 Å². The van der Waals surface area contributed by atoms with Crippen LogP contribution in [0.5, 0.6) is 5.88 Å². The average Bonchev–Trinajstić information content (AvgIpc) is 2.86. The molecule has 2 aromatic heterocycles. The number of benzene rings is 2. The second-order valence-corrected chi connectivity index (χ2v) is 9.18. The van der Waals surface area contributed by atoms with Gasteiger partial charge in [-0.05, 0) is 67.3 Å². The molecule has 3 heterocycles. The number of likely N-dealkylation sites (tertiary alicyclic amines) is 1. The summed E-state index contributed by atoms with van der Waals surface area (Å²) in [6.07, 6.45) is 3.86. The van der Waals surface area contributed by atoms with Crippen molar-refractivity contribution in [1.29, 1.82) is 0 Å². The number of aryl methyl sites for hydroxylation is 1. The Balaban J connectivity index is 1.26. The van der Waals surface area contributed by atoms with Gasteiger partial charge in [0.15, 0.2) is 0 Å². The van der Waals surface area contributed by atoms with Gasteiger partial charge in [-0.25, -0.2) is 15.0 Å². The van der Waals surface area contributed by atoms with E-state index in [2.05, 4.69) is 39.5 Å². The third kappa shape index (κ3) is 4.98. The van der Waals surface area contributed by atoms with Crippen LogP contribution in [-0.2, 0) is 6.54 Å². The first-order chi connectivity index (χ1) is 16.6. The highest BCUT2D eigenvalue weighted by Gasteiger charge is 2.20. The number of hydrogen-bond donors (Lipinski definition) is 1. The van der Waals surface area contributed by atoms with E-state index in [0.717, 1.165) is 65.2 Å². The van der Waals surface area contributed by atoms with Crippen LogP contribution in [0.1, 0.15) is 24.1 Å². The monoisotopic (exact) mass is 473 g/mol. The fraction of sp³-hybridized carbons (Fsp3) is 0.296. The van der Waals surface area contributed by atoms with E-state index in [1.54, 1.807) is 13.3 Å². The van der Waals surface area contributed by atoms with Crippen LogP contribution in [0.25, 0.3) is 22.0 Å². The molecule has 1 fully saturated rings. The molecule has 4 aromatic rings. The first-order valence-corrected chi connectivity index (χ1v) is 12.0. The molecule has 1 aliphatic rings. The van der Waals surface area contributed by atoms with Crippen molar-refractivity contribution in [2.45, 2.75) is 32.4 Å². The summed E-state index contributed by atoms with van der Waals surface area (Å²) >= 11 is 6.00. The standard InChI is InChI=1S/C27H28ClN5O/c1-18-24-16-20(23-4-3-13-29-26(23)34-2)7-10-25(24)32-27(30-18)31-22-11-14-33(15-12-22)17-19-5-8-21(28)9-6-19/h3-10,13,16,22H,11-12,14-15,17H2,1-2H3,(H,30,31,32). The van der Waals surface area contributed by atoms with Gasteiger partial charge in [0.05, 0.1) is 18.3 Å². The number of ether oxygens (including phenoxy) is 1. The molecule has 6 nitrogen and oxygen atoms in total. The quantitative estimate of drug-likeness (QED) is 0.385. The van der Waals surface area contributed by atoms with Crippen LogP contribution in [-0.4, -0.2) is 46.1 Å². The summed E-state index contributed by atoms with van der Waals surface area (Å²) in [7, 11) is 1.64. The topological polar surface area (TPSA) is 63.2 Å². The number of hydrogen-bond acceptors (Lipinski definition) is 6. The molecule has 0 aliphatic carbocycles. The molecule has 1 aliphatic heterocycles. The molecule has 5 rings (SSSR count). The van der Waals surface area contributed by atoms with Crippen molar-refractivity contribution in [3.05, 3.63) is 77.1 Å². The van der Waals surface area contributed by atoms with Gasteiger partial charge in [0.2, 0.25) is 11.8 Å². The van der Waals surface area contributed by atoms with E-state index in [1.165, 1.54) is 5.56 Å². The molecule has 2 aromatic carbocycles. The van der Waals surface area contributed by atoms with Crippen LogP contribution >= 0.6 is 11.6 Å².